The topological polar surface area (TPSA) is 21.7 Å². The van der Waals surface area contributed by atoms with Gasteiger partial charge in [-0.25, -0.2) is 0 Å². The van der Waals surface area contributed by atoms with E-state index in [0.717, 1.165) is 39.1 Å². The van der Waals surface area contributed by atoms with Crippen LogP contribution in [0.4, 0.5) is 0 Å². The fourth-order valence-electron chi connectivity index (χ4n) is 2.24. The second kappa shape index (κ2) is 5.83. The van der Waals surface area contributed by atoms with E-state index < -0.39 is 0 Å². The quantitative estimate of drug-likeness (QED) is 0.657. The third-order valence-electron chi connectivity index (χ3n) is 3.10. The van der Waals surface area contributed by atoms with Crippen molar-refractivity contribution in [1.82, 2.24) is 4.90 Å². The molecule has 0 aromatic rings. The summed E-state index contributed by atoms with van der Waals surface area (Å²) < 4.78 is 11.6. The third kappa shape index (κ3) is 3.44. The maximum Gasteiger partial charge on any atom is 0.170 e. The molecule has 0 radical (unpaired) electrons. The minimum atomic E-state index is -0.297. The van der Waals surface area contributed by atoms with Crippen LogP contribution in [0.3, 0.4) is 0 Å². The van der Waals surface area contributed by atoms with Crippen molar-refractivity contribution in [2.45, 2.75) is 52.4 Å². The highest BCUT2D eigenvalue weighted by atomic mass is 16.7. The van der Waals surface area contributed by atoms with Crippen molar-refractivity contribution >= 4 is 0 Å². The van der Waals surface area contributed by atoms with Gasteiger partial charge in [-0.05, 0) is 27.7 Å². The average molecular weight is 215 g/mol. The maximum atomic E-state index is 5.79. The van der Waals surface area contributed by atoms with Crippen LogP contribution in [0.25, 0.3) is 0 Å². The van der Waals surface area contributed by atoms with Crippen molar-refractivity contribution in [3.8, 4) is 0 Å². The van der Waals surface area contributed by atoms with Crippen molar-refractivity contribution < 1.29 is 9.47 Å². The van der Waals surface area contributed by atoms with E-state index in [1.165, 1.54) is 0 Å². The SMILES string of the molecule is CCOC1(OCC)CCN(C(C)C)CC1. The van der Waals surface area contributed by atoms with Crippen molar-refractivity contribution in [2.24, 2.45) is 0 Å². The van der Waals surface area contributed by atoms with Gasteiger partial charge in [0.2, 0.25) is 0 Å². The van der Waals surface area contributed by atoms with Crippen LogP contribution in [0.15, 0.2) is 0 Å². The lowest BCUT2D eigenvalue weighted by Gasteiger charge is -2.42. The maximum absolute atomic E-state index is 5.79. The highest BCUT2D eigenvalue weighted by molar-refractivity contribution is 4.81. The Balaban J connectivity index is 2.49. The largest absolute Gasteiger partial charge is 0.350 e. The van der Waals surface area contributed by atoms with Gasteiger partial charge >= 0.3 is 0 Å². The van der Waals surface area contributed by atoms with Gasteiger partial charge < -0.3 is 14.4 Å². The monoisotopic (exact) mass is 215 g/mol. The van der Waals surface area contributed by atoms with Crippen LogP contribution in [0.2, 0.25) is 0 Å². The number of hydrogen-bond acceptors (Lipinski definition) is 3. The molecule has 1 heterocycles. The first-order valence-electron chi connectivity index (χ1n) is 6.15. The Morgan fingerprint density at radius 3 is 1.87 bits per heavy atom. The molecule has 0 unspecified atom stereocenters. The molecule has 1 aliphatic rings. The fraction of sp³-hybridized carbons (Fsp3) is 1.00. The molecule has 0 saturated carbocycles. The van der Waals surface area contributed by atoms with Gasteiger partial charge in [-0.15, -0.1) is 0 Å². The molecule has 1 saturated heterocycles. The van der Waals surface area contributed by atoms with Gasteiger partial charge in [0.1, 0.15) is 0 Å². The van der Waals surface area contributed by atoms with E-state index in [9.17, 15) is 0 Å². The first-order chi connectivity index (χ1) is 7.13. The molecule has 90 valence electrons. The van der Waals surface area contributed by atoms with Gasteiger partial charge in [0, 0.05) is 45.2 Å². The molecule has 0 amide bonds. The van der Waals surface area contributed by atoms with Gasteiger partial charge in [0.05, 0.1) is 0 Å². The molecule has 1 fully saturated rings. The summed E-state index contributed by atoms with van der Waals surface area (Å²) in [5.41, 5.74) is 0. The number of nitrogens with zero attached hydrogens (tertiary/aromatic N) is 1. The number of rotatable bonds is 5. The summed E-state index contributed by atoms with van der Waals surface area (Å²) in [4.78, 5) is 2.48. The Morgan fingerprint density at radius 1 is 1.07 bits per heavy atom. The predicted octanol–water partition coefficient (Wildman–Crippen LogP) is 2.26. The minimum absolute atomic E-state index is 0.297. The van der Waals surface area contributed by atoms with Crippen LogP contribution in [-0.4, -0.2) is 43.0 Å². The summed E-state index contributed by atoms with van der Waals surface area (Å²) >= 11 is 0. The first-order valence-corrected chi connectivity index (χ1v) is 6.15. The minimum Gasteiger partial charge on any atom is -0.350 e. The van der Waals surface area contributed by atoms with Gasteiger partial charge in [-0.3, -0.25) is 0 Å². The molecule has 0 aromatic carbocycles. The molecule has 0 aromatic heterocycles. The molecule has 3 nitrogen and oxygen atoms in total. The Labute approximate surface area is 93.7 Å². The molecule has 15 heavy (non-hydrogen) atoms. The van der Waals surface area contributed by atoms with E-state index in [1.807, 2.05) is 13.8 Å². The van der Waals surface area contributed by atoms with Crippen LogP contribution in [-0.2, 0) is 9.47 Å². The van der Waals surface area contributed by atoms with E-state index in [0.29, 0.717) is 6.04 Å². The number of likely N-dealkylation sites (tertiary alicyclic amines) is 1. The molecule has 0 atom stereocenters. The molecule has 0 spiro atoms. The summed E-state index contributed by atoms with van der Waals surface area (Å²) in [6, 6.07) is 0.631. The van der Waals surface area contributed by atoms with Crippen LogP contribution in [0.5, 0.6) is 0 Å². The fourth-order valence-corrected chi connectivity index (χ4v) is 2.24. The molecular formula is C12H25NO2. The second-order valence-corrected chi connectivity index (χ2v) is 4.41. The van der Waals surface area contributed by atoms with E-state index >= 15 is 0 Å². The summed E-state index contributed by atoms with van der Waals surface area (Å²) in [7, 11) is 0. The normalized spacial score (nSPS) is 22.2. The van der Waals surface area contributed by atoms with Crippen LogP contribution in [0, 0.1) is 0 Å². The molecule has 0 N–H and O–H groups in total. The molecule has 0 bridgehead atoms. The average Bonchev–Trinajstić information content (AvgIpc) is 2.19. The van der Waals surface area contributed by atoms with E-state index in [4.69, 9.17) is 9.47 Å². The third-order valence-corrected chi connectivity index (χ3v) is 3.10. The lowest BCUT2D eigenvalue weighted by atomic mass is 10.0. The summed E-state index contributed by atoms with van der Waals surface area (Å²) in [6.45, 7) is 12.2. The highest BCUT2D eigenvalue weighted by Crippen LogP contribution is 2.28. The standard InChI is InChI=1S/C12H25NO2/c1-5-14-12(15-6-2)7-9-13(10-8-12)11(3)4/h11H,5-10H2,1-4H3. The second-order valence-electron chi connectivity index (χ2n) is 4.41. The Hall–Kier alpha value is -0.120. The van der Waals surface area contributed by atoms with Crippen molar-refractivity contribution in [3.63, 3.8) is 0 Å². The zero-order valence-electron chi connectivity index (χ0n) is 10.6. The van der Waals surface area contributed by atoms with Gasteiger partial charge in [0.25, 0.3) is 0 Å². The smallest absolute Gasteiger partial charge is 0.170 e. The molecule has 3 heteroatoms. The summed E-state index contributed by atoms with van der Waals surface area (Å²) in [5, 5.41) is 0. The van der Waals surface area contributed by atoms with Crippen LogP contribution >= 0.6 is 0 Å². The predicted molar refractivity (Wildman–Crippen MR) is 61.9 cm³/mol. The van der Waals surface area contributed by atoms with Crippen molar-refractivity contribution in [1.29, 1.82) is 0 Å². The van der Waals surface area contributed by atoms with E-state index in [-0.39, 0.29) is 5.79 Å². The number of piperidine rings is 1. The number of ether oxygens (including phenoxy) is 2. The van der Waals surface area contributed by atoms with Crippen LogP contribution < -0.4 is 0 Å². The molecule has 0 aliphatic carbocycles. The van der Waals surface area contributed by atoms with E-state index in [2.05, 4.69) is 18.7 Å². The lowest BCUT2D eigenvalue weighted by Crippen LogP contribution is -2.49. The zero-order chi connectivity index (χ0) is 11.3. The van der Waals surface area contributed by atoms with Crippen molar-refractivity contribution in [2.75, 3.05) is 26.3 Å². The Kier molecular flexibility index (Phi) is 5.03. The summed E-state index contributed by atoms with van der Waals surface area (Å²) in [6.07, 6.45) is 1.99. The first kappa shape index (κ1) is 12.9. The Morgan fingerprint density at radius 2 is 1.53 bits per heavy atom. The van der Waals surface area contributed by atoms with Gasteiger partial charge in [0.15, 0.2) is 5.79 Å². The van der Waals surface area contributed by atoms with Crippen LogP contribution in [0.1, 0.15) is 40.5 Å². The highest BCUT2D eigenvalue weighted by Gasteiger charge is 2.36. The molecular weight excluding hydrogens is 190 g/mol. The van der Waals surface area contributed by atoms with E-state index in [1.54, 1.807) is 0 Å². The Bertz CT molecular complexity index is 166. The molecule has 1 aliphatic heterocycles. The summed E-state index contributed by atoms with van der Waals surface area (Å²) in [5.74, 6) is -0.297. The van der Waals surface area contributed by atoms with Gasteiger partial charge in [-0.1, -0.05) is 0 Å². The molecule has 1 rings (SSSR count). The van der Waals surface area contributed by atoms with Gasteiger partial charge in [-0.2, -0.15) is 0 Å². The zero-order valence-corrected chi connectivity index (χ0v) is 10.6. The number of hydrogen-bond donors (Lipinski definition) is 0. The lowest BCUT2D eigenvalue weighted by molar-refractivity contribution is -0.254. The van der Waals surface area contributed by atoms with Crippen molar-refractivity contribution in [3.05, 3.63) is 0 Å².